The number of nitrogens with zero attached hydrogens (tertiary/aromatic N) is 2. The first-order chi connectivity index (χ1) is 13.1. The number of carbonyl (C=O) groups excluding carboxylic acids is 1. The summed E-state index contributed by atoms with van der Waals surface area (Å²) in [5, 5.41) is 3.84. The van der Waals surface area contributed by atoms with Crippen LogP contribution in [-0.4, -0.2) is 28.3 Å². The van der Waals surface area contributed by atoms with Gasteiger partial charge in [0.25, 0.3) is 0 Å². The van der Waals surface area contributed by atoms with Gasteiger partial charge in [-0.15, -0.1) is 0 Å². The maximum atomic E-state index is 12.4. The maximum absolute atomic E-state index is 12.4. The zero-order valence-electron chi connectivity index (χ0n) is 15.7. The molecule has 0 saturated heterocycles. The smallest absolute Gasteiger partial charge is 0.230 e. The predicted octanol–water partition coefficient (Wildman–Crippen LogP) is 4.07. The average Bonchev–Trinajstić information content (AvgIpc) is 3.07. The van der Waals surface area contributed by atoms with E-state index < -0.39 is 0 Å². The lowest BCUT2D eigenvalue weighted by Crippen LogP contribution is -2.28. The van der Waals surface area contributed by atoms with Gasteiger partial charge < -0.3 is 14.6 Å². The fourth-order valence-electron chi connectivity index (χ4n) is 2.92. The molecule has 140 valence electrons. The van der Waals surface area contributed by atoms with Gasteiger partial charge in [-0.2, -0.15) is 0 Å². The normalized spacial score (nSPS) is 11.8. The highest BCUT2D eigenvalue weighted by Gasteiger charge is 2.15. The lowest BCUT2D eigenvalue weighted by Gasteiger charge is -2.17. The van der Waals surface area contributed by atoms with Crippen molar-refractivity contribution in [1.82, 2.24) is 14.9 Å². The topological polar surface area (TPSA) is 56.1 Å². The monoisotopic (exact) mass is 381 g/mol. The van der Waals surface area contributed by atoms with Gasteiger partial charge in [-0.3, -0.25) is 4.79 Å². The molecule has 3 aromatic rings. The summed E-state index contributed by atoms with van der Waals surface area (Å²) in [5.74, 6) is 1.04. The van der Waals surface area contributed by atoms with Crippen LogP contribution in [0.5, 0.6) is 5.75 Å². The number of para-hydroxylation sites is 1. The van der Waals surface area contributed by atoms with Crippen LogP contribution in [0.2, 0.25) is 0 Å². The summed E-state index contributed by atoms with van der Waals surface area (Å²) in [5.41, 5.74) is 3.09. The van der Waals surface area contributed by atoms with Crippen LogP contribution in [0.1, 0.15) is 18.5 Å². The molecule has 27 heavy (non-hydrogen) atoms. The largest absolute Gasteiger partial charge is 0.496 e. The van der Waals surface area contributed by atoms with Gasteiger partial charge in [0.2, 0.25) is 5.91 Å². The summed E-state index contributed by atoms with van der Waals surface area (Å²) < 4.78 is 7.38. The van der Waals surface area contributed by atoms with E-state index in [4.69, 9.17) is 4.74 Å². The summed E-state index contributed by atoms with van der Waals surface area (Å²) >= 11 is 1.43. The molecule has 1 atom stereocenters. The lowest BCUT2D eigenvalue weighted by molar-refractivity contribution is -0.119. The van der Waals surface area contributed by atoms with E-state index in [1.165, 1.54) is 11.8 Å². The first-order valence-corrected chi connectivity index (χ1v) is 9.71. The summed E-state index contributed by atoms with van der Waals surface area (Å²) in [6.45, 7) is 1.95. The predicted molar refractivity (Wildman–Crippen MR) is 109 cm³/mol. The second kappa shape index (κ2) is 8.77. The van der Waals surface area contributed by atoms with Crippen molar-refractivity contribution >= 4 is 17.7 Å². The molecule has 2 aromatic carbocycles. The first-order valence-electron chi connectivity index (χ1n) is 8.72. The highest BCUT2D eigenvalue weighted by molar-refractivity contribution is 7.99. The van der Waals surface area contributed by atoms with Gasteiger partial charge in [-0.05, 0) is 18.6 Å². The Morgan fingerprint density at radius 1 is 1.19 bits per heavy atom. The third kappa shape index (κ3) is 4.52. The van der Waals surface area contributed by atoms with Crippen molar-refractivity contribution in [2.24, 2.45) is 7.05 Å². The van der Waals surface area contributed by atoms with E-state index in [1.807, 2.05) is 79.3 Å². The zero-order chi connectivity index (χ0) is 19.2. The number of aromatic nitrogens is 2. The molecule has 6 heteroatoms. The van der Waals surface area contributed by atoms with Gasteiger partial charge >= 0.3 is 0 Å². The number of ether oxygens (including phenoxy) is 1. The molecule has 1 N–H and O–H groups in total. The van der Waals surface area contributed by atoms with Crippen molar-refractivity contribution in [1.29, 1.82) is 0 Å². The molecule has 1 amide bonds. The van der Waals surface area contributed by atoms with E-state index in [0.717, 1.165) is 27.7 Å². The molecule has 0 aliphatic heterocycles. The number of thioether (sulfide) groups is 1. The van der Waals surface area contributed by atoms with Crippen molar-refractivity contribution in [3.8, 4) is 17.0 Å². The standard InChI is InChI=1S/C21H23N3O2S/c1-15(17-11-7-8-12-19(17)26-3)23-20(25)14-27-21-22-13-18(24(21)2)16-9-5-4-6-10-16/h4-13,15H,14H2,1-3H3,(H,23,25). The molecule has 0 aliphatic rings. The Morgan fingerprint density at radius 3 is 2.63 bits per heavy atom. The van der Waals surface area contributed by atoms with Crippen LogP contribution in [0.3, 0.4) is 0 Å². The van der Waals surface area contributed by atoms with E-state index in [-0.39, 0.29) is 11.9 Å². The second-order valence-electron chi connectivity index (χ2n) is 6.17. The molecule has 1 heterocycles. The van der Waals surface area contributed by atoms with Crippen LogP contribution in [-0.2, 0) is 11.8 Å². The number of imidazole rings is 1. The molecule has 0 spiro atoms. The molecule has 0 radical (unpaired) electrons. The second-order valence-corrected chi connectivity index (χ2v) is 7.11. The van der Waals surface area contributed by atoms with Crippen molar-refractivity contribution < 1.29 is 9.53 Å². The fourth-order valence-corrected chi connectivity index (χ4v) is 3.68. The number of hydrogen-bond donors (Lipinski definition) is 1. The fraction of sp³-hybridized carbons (Fsp3) is 0.238. The Kier molecular flexibility index (Phi) is 6.19. The summed E-state index contributed by atoms with van der Waals surface area (Å²) in [6, 6.07) is 17.7. The van der Waals surface area contributed by atoms with Crippen molar-refractivity contribution in [2.75, 3.05) is 12.9 Å². The number of rotatable bonds is 7. The molecule has 3 rings (SSSR count). The summed E-state index contributed by atoms with van der Waals surface area (Å²) in [7, 11) is 3.60. The highest BCUT2D eigenvalue weighted by Crippen LogP contribution is 2.26. The van der Waals surface area contributed by atoms with E-state index in [9.17, 15) is 4.79 Å². The van der Waals surface area contributed by atoms with Gasteiger partial charge in [-0.25, -0.2) is 4.98 Å². The van der Waals surface area contributed by atoms with Crippen LogP contribution in [0.25, 0.3) is 11.3 Å². The van der Waals surface area contributed by atoms with Crippen molar-refractivity contribution in [2.45, 2.75) is 18.1 Å². The quantitative estimate of drug-likeness (QED) is 0.627. The van der Waals surface area contributed by atoms with Crippen LogP contribution < -0.4 is 10.1 Å². The SMILES string of the molecule is COc1ccccc1C(C)NC(=O)CSc1ncc(-c2ccccc2)n1C. The summed E-state index contributed by atoms with van der Waals surface area (Å²) in [6.07, 6.45) is 1.84. The number of benzene rings is 2. The van der Waals surface area contributed by atoms with E-state index in [0.29, 0.717) is 5.75 Å². The van der Waals surface area contributed by atoms with E-state index in [2.05, 4.69) is 10.3 Å². The molecule has 0 fully saturated rings. The third-order valence-electron chi connectivity index (χ3n) is 4.33. The van der Waals surface area contributed by atoms with Gasteiger partial charge in [0.15, 0.2) is 5.16 Å². The zero-order valence-corrected chi connectivity index (χ0v) is 16.5. The minimum absolute atomic E-state index is 0.0392. The highest BCUT2D eigenvalue weighted by atomic mass is 32.2. The van der Waals surface area contributed by atoms with E-state index >= 15 is 0 Å². The van der Waals surface area contributed by atoms with Crippen LogP contribution >= 0.6 is 11.8 Å². The average molecular weight is 382 g/mol. The molecule has 5 nitrogen and oxygen atoms in total. The van der Waals surface area contributed by atoms with Gasteiger partial charge in [-0.1, -0.05) is 60.3 Å². The van der Waals surface area contributed by atoms with Crippen LogP contribution in [0.15, 0.2) is 66.0 Å². The Morgan fingerprint density at radius 2 is 1.89 bits per heavy atom. The minimum Gasteiger partial charge on any atom is -0.496 e. The number of methoxy groups -OCH3 is 1. The molecule has 0 aliphatic carbocycles. The van der Waals surface area contributed by atoms with Crippen LogP contribution in [0.4, 0.5) is 0 Å². The molecular formula is C21H23N3O2S. The van der Waals surface area contributed by atoms with Crippen molar-refractivity contribution in [3.63, 3.8) is 0 Å². The van der Waals surface area contributed by atoms with Gasteiger partial charge in [0.1, 0.15) is 5.75 Å². The maximum Gasteiger partial charge on any atom is 0.230 e. The number of nitrogens with one attached hydrogen (secondary N) is 1. The molecule has 0 bridgehead atoms. The number of amides is 1. The molecular weight excluding hydrogens is 358 g/mol. The van der Waals surface area contributed by atoms with Gasteiger partial charge in [0.05, 0.1) is 30.8 Å². The summed E-state index contributed by atoms with van der Waals surface area (Å²) in [4.78, 5) is 16.8. The number of carbonyl (C=O) groups is 1. The Balaban J connectivity index is 1.61. The Bertz CT molecular complexity index is 909. The van der Waals surface area contributed by atoms with Crippen molar-refractivity contribution in [3.05, 3.63) is 66.4 Å². The lowest BCUT2D eigenvalue weighted by atomic mass is 10.1. The Labute approximate surface area is 163 Å². The Hall–Kier alpha value is -2.73. The van der Waals surface area contributed by atoms with E-state index in [1.54, 1.807) is 7.11 Å². The minimum atomic E-state index is -0.129. The molecule has 1 aromatic heterocycles. The molecule has 0 saturated carbocycles. The number of hydrogen-bond acceptors (Lipinski definition) is 4. The third-order valence-corrected chi connectivity index (χ3v) is 5.37. The van der Waals surface area contributed by atoms with Gasteiger partial charge in [0, 0.05) is 12.6 Å². The molecule has 1 unspecified atom stereocenters. The van der Waals surface area contributed by atoms with Crippen LogP contribution in [0, 0.1) is 0 Å². The first kappa shape index (κ1) is 19.0.